The first kappa shape index (κ1) is 26.3. The Morgan fingerprint density at radius 1 is 1.00 bits per heavy atom. The van der Waals surface area contributed by atoms with E-state index in [1.165, 1.54) is 24.0 Å². The summed E-state index contributed by atoms with van der Waals surface area (Å²) in [5, 5.41) is 6.93. The van der Waals surface area contributed by atoms with Crippen molar-refractivity contribution in [3.63, 3.8) is 0 Å². The minimum Gasteiger partial charge on any atom is -0.497 e. The Morgan fingerprint density at radius 2 is 1.72 bits per heavy atom. The highest BCUT2D eigenvalue weighted by Crippen LogP contribution is 2.20. The van der Waals surface area contributed by atoms with Gasteiger partial charge in [0.1, 0.15) is 11.5 Å². The van der Waals surface area contributed by atoms with Gasteiger partial charge in [0, 0.05) is 26.7 Å². The zero-order valence-corrected chi connectivity index (χ0v) is 21.8. The second-order valence-electron chi connectivity index (χ2n) is 8.01. The van der Waals surface area contributed by atoms with Gasteiger partial charge in [-0.1, -0.05) is 30.3 Å². The third-order valence-corrected chi connectivity index (χ3v) is 5.93. The normalized spacial score (nSPS) is 15.0. The van der Waals surface area contributed by atoms with Crippen LogP contribution in [-0.2, 0) is 13.0 Å². The number of aliphatic imine (C=N–C) groups is 1. The number of methoxy groups -OCH3 is 2. The number of nitrogens with one attached hydrogen (secondary N) is 2. The van der Waals surface area contributed by atoms with E-state index in [9.17, 15) is 0 Å². The molecular weight excluding hydrogens is 515 g/mol. The van der Waals surface area contributed by atoms with Crippen molar-refractivity contribution in [3.8, 4) is 11.5 Å². The predicted molar refractivity (Wildman–Crippen MR) is 142 cm³/mol. The maximum Gasteiger partial charge on any atom is 0.190 e. The molecular formula is C25H37IN4O2. The van der Waals surface area contributed by atoms with E-state index in [0.29, 0.717) is 5.92 Å². The molecule has 176 valence electrons. The van der Waals surface area contributed by atoms with Gasteiger partial charge in [0.15, 0.2) is 5.96 Å². The summed E-state index contributed by atoms with van der Waals surface area (Å²) in [6, 6.07) is 16.6. The zero-order chi connectivity index (χ0) is 21.9. The Kier molecular flexibility index (Phi) is 11.7. The molecule has 32 heavy (non-hydrogen) atoms. The van der Waals surface area contributed by atoms with E-state index in [2.05, 4.69) is 38.7 Å². The van der Waals surface area contributed by atoms with Gasteiger partial charge in [-0.2, -0.15) is 0 Å². The maximum atomic E-state index is 5.43. The van der Waals surface area contributed by atoms with Crippen molar-refractivity contribution in [1.82, 2.24) is 15.5 Å². The molecule has 0 saturated carbocycles. The largest absolute Gasteiger partial charge is 0.497 e. The molecule has 2 N–H and O–H groups in total. The van der Waals surface area contributed by atoms with Gasteiger partial charge in [0.05, 0.1) is 14.2 Å². The third-order valence-electron chi connectivity index (χ3n) is 5.93. The zero-order valence-electron chi connectivity index (χ0n) is 19.5. The van der Waals surface area contributed by atoms with Gasteiger partial charge in [0.25, 0.3) is 0 Å². The number of hydrogen-bond acceptors (Lipinski definition) is 4. The summed E-state index contributed by atoms with van der Waals surface area (Å²) in [6.45, 7) is 5.07. The molecule has 1 aliphatic rings. The van der Waals surface area contributed by atoms with E-state index >= 15 is 0 Å². The van der Waals surface area contributed by atoms with Crippen LogP contribution in [0.25, 0.3) is 0 Å². The summed E-state index contributed by atoms with van der Waals surface area (Å²) in [4.78, 5) is 6.91. The van der Waals surface area contributed by atoms with Crippen LogP contribution in [0.1, 0.15) is 24.0 Å². The van der Waals surface area contributed by atoms with E-state index in [1.807, 2.05) is 37.4 Å². The Hall–Kier alpha value is -2.00. The second-order valence-corrected chi connectivity index (χ2v) is 8.01. The minimum atomic E-state index is 0. The molecule has 2 aromatic carbocycles. The molecule has 7 heteroatoms. The summed E-state index contributed by atoms with van der Waals surface area (Å²) >= 11 is 0. The monoisotopic (exact) mass is 552 g/mol. The number of para-hydroxylation sites is 1. The van der Waals surface area contributed by atoms with E-state index in [-0.39, 0.29) is 24.0 Å². The Morgan fingerprint density at radius 3 is 2.38 bits per heavy atom. The molecule has 1 aliphatic heterocycles. The molecule has 0 aliphatic carbocycles. The molecule has 1 heterocycles. The summed E-state index contributed by atoms with van der Waals surface area (Å²) in [5.74, 6) is 3.41. The predicted octanol–water partition coefficient (Wildman–Crippen LogP) is 3.94. The Bertz CT molecular complexity index is 821. The maximum absolute atomic E-state index is 5.43. The van der Waals surface area contributed by atoms with E-state index in [0.717, 1.165) is 56.6 Å². The van der Waals surface area contributed by atoms with Gasteiger partial charge in [-0.25, -0.2) is 0 Å². The van der Waals surface area contributed by atoms with Crippen molar-refractivity contribution in [3.05, 3.63) is 59.7 Å². The first-order valence-electron chi connectivity index (χ1n) is 11.1. The smallest absolute Gasteiger partial charge is 0.190 e. The number of rotatable bonds is 9. The SMILES string of the molecule is CN=C(NCCc1ccccc1OC)NCC1CCN(Cc2ccc(OC)cc2)CC1.I. The van der Waals surface area contributed by atoms with Crippen LogP contribution >= 0.6 is 24.0 Å². The number of guanidine groups is 1. The molecule has 2 aromatic rings. The van der Waals surface area contributed by atoms with E-state index < -0.39 is 0 Å². The molecule has 0 aromatic heterocycles. The average Bonchev–Trinajstić information content (AvgIpc) is 2.83. The number of hydrogen-bond donors (Lipinski definition) is 2. The summed E-state index contributed by atoms with van der Waals surface area (Å²) in [6.07, 6.45) is 3.32. The fraction of sp³-hybridized carbons (Fsp3) is 0.480. The third kappa shape index (κ3) is 8.16. The number of nitrogens with zero attached hydrogens (tertiary/aromatic N) is 2. The van der Waals surface area contributed by atoms with Crippen molar-refractivity contribution in [1.29, 1.82) is 0 Å². The van der Waals surface area contributed by atoms with Crippen molar-refractivity contribution >= 4 is 29.9 Å². The highest BCUT2D eigenvalue weighted by molar-refractivity contribution is 14.0. The molecule has 0 atom stereocenters. The number of likely N-dealkylation sites (tertiary alicyclic amines) is 1. The molecule has 0 spiro atoms. The first-order valence-corrected chi connectivity index (χ1v) is 11.1. The highest BCUT2D eigenvalue weighted by atomic mass is 127. The van der Waals surface area contributed by atoms with Gasteiger partial charge in [-0.05, 0) is 67.6 Å². The second kappa shape index (κ2) is 14.2. The lowest BCUT2D eigenvalue weighted by atomic mass is 9.96. The van der Waals surface area contributed by atoms with Crippen molar-refractivity contribution in [2.45, 2.75) is 25.8 Å². The van der Waals surface area contributed by atoms with E-state index in [4.69, 9.17) is 9.47 Å². The minimum absolute atomic E-state index is 0. The van der Waals surface area contributed by atoms with Crippen molar-refractivity contribution in [2.75, 3.05) is 47.4 Å². The molecule has 1 saturated heterocycles. The quantitative estimate of drug-likeness (QED) is 0.281. The van der Waals surface area contributed by atoms with Gasteiger partial charge >= 0.3 is 0 Å². The lowest BCUT2D eigenvalue weighted by Crippen LogP contribution is -2.43. The van der Waals surface area contributed by atoms with Crippen LogP contribution in [0.3, 0.4) is 0 Å². The fourth-order valence-corrected chi connectivity index (χ4v) is 4.02. The van der Waals surface area contributed by atoms with Crippen LogP contribution < -0.4 is 20.1 Å². The van der Waals surface area contributed by atoms with Crippen molar-refractivity contribution < 1.29 is 9.47 Å². The summed E-state index contributed by atoms with van der Waals surface area (Å²) < 4.78 is 10.7. The first-order chi connectivity index (χ1) is 15.2. The lowest BCUT2D eigenvalue weighted by molar-refractivity contribution is 0.178. The summed E-state index contributed by atoms with van der Waals surface area (Å²) in [7, 11) is 5.25. The van der Waals surface area contributed by atoms with Gasteiger partial charge in [0.2, 0.25) is 0 Å². The number of ether oxygens (including phenoxy) is 2. The van der Waals surface area contributed by atoms with Crippen LogP contribution in [-0.4, -0.2) is 58.3 Å². The van der Waals surface area contributed by atoms with Gasteiger partial charge in [-0.15, -0.1) is 24.0 Å². The number of piperidine rings is 1. The highest BCUT2D eigenvalue weighted by Gasteiger charge is 2.19. The van der Waals surface area contributed by atoms with E-state index in [1.54, 1.807) is 14.2 Å². The van der Waals surface area contributed by atoms with Crippen LogP contribution in [0, 0.1) is 5.92 Å². The Balaban J connectivity index is 0.00000363. The molecule has 0 amide bonds. The van der Waals surface area contributed by atoms with Crippen molar-refractivity contribution in [2.24, 2.45) is 10.9 Å². The summed E-state index contributed by atoms with van der Waals surface area (Å²) in [5.41, 5.74) is 2.55. The molecule has 6 nitrogen and oxygen atoms in total. The lowest BCUT2D eigenvalue weighted by Gasteiger charge is -2.32. The fourth-order valence-electron chi connectivity index (χ4n) is 4.02. The van der Waals surface area contributed by atoms with Crippen LogP contribution in [0.5, 0.6) is 11.5 Å². The van der Waals surface area contributed by atoms with Crippen LogP contribution in [0.15, 0.2) is 53.5 Å². The van der Waals surface area contributed by atoms with Crippen LogP contribution in [0.2, 0.25) is 0 Å². The van der Waals surface area contributed by atoms with Gasteiger partial charge < -0.3 is 20.1 Å². The molecule has 3 rings (SSSR count). The standard InChI is InChI=1S/C25H36N4O2.HI/c1-26-25(27-15-12-22-6-4-5-7-24(22)31-3)28-18-20-13-16-29(17-14-20)19-21-8-10-23(30-2)11-9-21;/h4-11,20H,12-19H2,1-3H3,(H2,26,27,28);1H. The Labute approximate surface area is 209 Å². The topological polar surface area (TPSA) is 58.1 Å². The molecule has 0 unspecified atom stereocenters. The number of halogens is 1. The molecule has 0 radical (unpaired) electrons. The molecule has 0 bridgehead atoms. The number of benzene rings is 2. The average molecular weight is 553 g/mol. The molecule has 1 fully saturated rings. The van der Waals surface area contributed by atoms with Gasteiger partial charge in [-0.3, -0.25) is 9.89 Å². The van der Waals surface area contributed by atoms with Crippen LogP contribution in [0.4, 0.5) is 0 Å².